The molecule has 0 atom stereocenters. The van der Waals surface area contributed by atoms with E-state index in [0.29, 0.717) is 18.4 Å². The molecule has 0 bridgehead atoms. The van der Waals surface area contributed by atoms with E-state index in [1.807, 2.05) is 24.3 Å². The summed E-state index contributed by atoms with van der Waals surface area (Å²) in [6, 6.07) is 7.71. The van der Waals surface area contributed by atoms with Gasteiger partial charge in [0.25, 0.3) is 0 Å². The van der Waals surface area contributed by atoms with Crippen molar-refractivity contribution in [2.45, 2.75) is 39.7 Å². The number of amides is 1. The first-order chi connectivity index (χ1) is 9.98. The van der Waals surface area contributed by atoms with Gasteiger partial charge in [-0.1, -0.05) is 26.0 Å². The molecule has 0 radical (unpaired) electrons. The van der Waals surface area contributed by atoms with Gasteiger partial charge in [-0.2, -0.15) is 0 Å². The highest BCUT2D eigenvalue weighted by Gasteiger charge is 2.26. The zero-order valence-electron chi connectivity index (χ0n) is 13.2. The summed E-state index contributed by atoms with van der Waals surface area (Å²) < 4.78 is 0. The van der Waals surface area contributed by atoms with Gasteiger partial charge in [0.1, 0.15) is 0 Å². The van der Waals surface area contributed by atoms with Crippen molar-refractivity contribution in [3.8, 4) is 0 Å². The fourth-order valence-electron chi connectivity index (χ4n) is 2.94. The standard InChI is InChI=1S/C17H27N3O/c1-17(2)9-3-10-20(13-17)11-8-16(21)19-15-6-4-14(12-18)5-7-15/h4-7H,3,8-13,18H2,1-2H3,(H,19,21). The molecule has 0 spiro atoms. The first kappa shape index (κ1) is 16.0. The van der Waals surface area contributed by atoms with Gasteiger partial charge in [0, 0.05) is 31.7 Å². The van der Waals surface area contributed by atoms with Crippen molar-refractivity contribution in [2.24, 2.45) is 11.1 Å². The first-order valence-corrected chi connectivity index (χ1v) is 7.80. The molecule has 0 aromatic heterocycles. The van der Waals surface area contributed by atoms with Gasteiger partial charge < -0.3 is 16.0 Å². The molecule has 21 heavy (non-hydrogen) atoms. The molecule has 1 aromatic carbocycles. The topological polar surface area (TPSA) is 58.4 Å². The molecule has 0 aliphatic carbocycles. The van der Waals surface area contributed by atoms with Crippen LogP contribution in [-0.2, 0) is 11.3 Å². The second-order valence-corrected chi connectivity index (χ2v) is 6.74. The molecule has 1 aliphatic heterocycles. The minimum atomic E-state index is 0.0823. The third-order valence-corrected chi connectivity index (χ3v) is 4.11. The van der Waals surface area contributed by atoms with Crippen molar-refractivity contribution in [1.82, 2.24) is 4.90 Å². The molecule has 1 aliphatic rings. The number of nitrogens with zero attached hydrogens (tertiary/aromatic N) is 1. The van der Waals surface area contributed by atoms with Crippen LogP contribution in [0.5, 0.6) is 0 Å². The average molecular weight is 289 g/mol. The fraction of sp³-hybridized carbons (Fsp3) is 0.588. The van der Waals surface area contributed by atoms with Crippen LogP contribution in [0.25, 0.3) is 0 Å². The molecule has 1 saturated heterocycles. The Hall–Kier alpha value is -1.39. The van der Waals surface area contributed by atoms with Crippen molar-refractivity contribution in [2.75, 3.05) is 25.0 Å². The van der Waals surface area contributed by atoms with E-state index in [0.717, 1.165) is 30.9 Å². The molecular formula is C17H27N3O. The molecular weight excluding hydrogens is 262 g/mol. The minimum absolute atomic E-state index is 0.0823. The summed E-state index contributed by atoms with van der Waals surface area (Å²) in [5.41, 5.74) is 7.86. The van der Waals surface area contributed by atoms with Gasteiger partial charge in [0.15, 0.2) is 0 Å². The number of piperidine rings is 1. The van der Waals surface area contributed by atoms with Crippen LogP contribution in [0.15, 0.2) is 24.3 Å². The largest absolute Gasteiger partial charge is 0.326 e. The fourth-order valence-corrected chi connectivity index (χ4v) is 2.94. The van der Waals surface area contributed by atoms with Crippen LogP contribution in [-0.4, -0.2) is 30.4 Å². The number of nitrogens with one attached hydrogen (secondary N) is 1. The van der Waals surface area contributed by atoms with E-state index in [-0.39, 0.29) is 5.91 Å². The van der Waals surface area contributed by atoms with Gasteiger partial charge in [-0.05, 0) is 42.5 Å². The van der Waals surface area contributed by atoms with E-state index in [4.69, 9.17) is 5.73 Å². The van der Waals surface area contributed by atoms with Gasteiger partial charge in [-0.25, -0.2) is 0 Å². The molecule has 1 aromatic rings. The monoisotopic (exact) mass is 289 g/mol. The van der Waals surface area contributed by atoms with E-state index in [2.05, 4.69) is 24.1 Å². The average Bonchev–Trinajstić information content (AvgIpc) is 2.45. The number of carbonyl (C=O) groups is 1. The van der Waals surface area contributed by atoms with E-state index in [1.54, 1.807) is 0 Å². The molecule has 2 rings (SSSR count). The molecule has 0 saturated carbocycles. The zero-order chi connectivity index (χ0) is 15.3. The number of rotatable bonds is 5. The molecule has 3 N–H and O–H groups in total. The Morgan fingerprint density at radius 1 is 1.33 bits per heavy atom. The molecule has 1 amide bonds. The number of hydrogen-bond donors (Lipinski definition) is 2. The lowest BCUT2D eigenvalue weighted by Gasteiger charge is -2.37. The summed E-state index contributed by atoms with van der Waals surface area (Å²) in [6.07, 6.45) is 3.06. The Bertz CT molecular complexity index is 467. The second kappa shape index (κ2) is 7.05. The smallest absolute Gasteiger partial charge is 0.225 e. The maximum atomic E-state index is 12.0. The molecule has 116 valence electrons. The minimum Gasteiger partial charge on any atom is -0.326 e. The van der Waals surface area contributed by atoms with Crippen molar-refractivity contribution >= 4 is 11.6 Å². The number of hydrogen-bond acceptors (Lipinski definition) is 3. The van der Waals surface area contributed by atoms with Gasteiger partial charge >= 0.3 is 0 Å². The van der Waals surface area contributed by atoms with E-state index in [9.17, 15) is 4.79 Å². The van der Waals surface area contributed by atoms with E-state index in [1.165, 1.54) is 12.8 Å². The Balaban J connectivity index is 1.76. The summed E-state index contributed by atoms with van der Waals surface area (Å²) in [6.45, 7) is 8.18. The molecule has 1 fully saturated rings. The molecule has 0 unspecified atom stereocenters. The number of carbonyl (C=O) groups excluding carboxylic acids is 1. The maximum Gasteiger partial charge on any atom is 0.225 e. The van der Waals surface area contributed by atoms with Gasteiger partial charge in [0.05, 0.1) is 0 Å². The number of nitrogens with two attached hydrogens (primary N) is 1. The lowest BCUT2D eigenvalue weighted by molar-refractivity contribution is -0.116. The summed E-state index contributed by atoms with van der Waals surface area (Å²) >= 11 is 0. The van der Waals surface area contributed by atoms with Crippen molar-refractivity contribution < 1.29 is 4.79 Å². The van der Waals surface area contributed by atoms with Crippen LogP contribution in [0.1, 0.15) is 38.7 Å². The van der Waals surface area contributed by atoms with Gasteiger partial charge in [-0.15, -0.1) is 0 Å². The number of anilines is 1. The Morgan fingerprint density at radius 3 is 2.67 bits per heavy atom. The van der Waals surface area contributed by atoms with Crippen LogP contribution >= 0.6 is 0 Å². The highest BCUT2D eigenvalue weighted by atomic mass is 16.1. The third-order valence-electron chi connectivity index (χ3n) is 4.11. The first-order valence-electron chi connectivity index (χ1n) is 7.80. The Morgan fingerprint density at radius 2 is 2.05 bits per heavy atom. The predicted octanol–water partition coefficient (Wildman–Crippen LogP) is 2.60. The SMILES string of the molecule is CC1(C)CCCN(CCC(=O)Nc2ccc(CN)cc2)C1. The van der Waals surface area contributed by atoms with Crippen molar-refractivity contribution in [1.29, 1.82) is 0 Å². The van der Waals surface area contributed by atoms with Gasteiger partial charge in [-0.3, -0.25) is 4.79 Å². The predicted molar refractivity (Wildman–Crippen MR) is 87.0 cm³/mol. The summed E-state index contributed by atoms with van der Waals surface area (Å²) in [4.78, 5) is 14.4. The van der Waals surface area contributed by atoms with Crippen LogP contribution in [0.3, 0.4) is 0 Å². The summed E-state index contributed by atoms with van der Waals surface area (Å²) in [5, 5.41) is 2.95. The quantitative estimate of drug-likeness (QED) is 0.876. The number of benzene rings is 1. The van der Waals surface area contributed by atoms with Crippen molar-refractivity contribution in [3.63, 3.8) is 0 Å². The maximum absolute atomic E-state index is 12.0. The van der Waals surface area contributed by atoms with Crippen LogP contribution in [0.2, 0.25) is 0 Å². The third kappa shape index (κ3) is 5.14. The summed E-state index contributed by atoms with van der Waals surface area (Å²) in [5.74, 6) is 0.0823. The van der Waals surface area contributed by atoms with Crippen molar-refractivity contribution in [3.05, 3.63) is 29.8 Å². The highest BCUT2D eigenvalue weighted by Crippen LogP contribution is 2.28. The lowest BCUT2D eigenvalue weighted by atomic mass is 9.84. The normalized spacial score (nSPS) is 18.4. The lowest BCUT2D eigenvalue weighted by Crippen LogP contribution is -2.41. The summed E-state index contributed by atoms with van der Waals surface area (Å²) in [7, 11) is 0. The molecule has 4 nitrogen and oxygen atoms in total. The zero-order valence-corrected chi connectivity index (χ0v) is 13.2. The number of likely N-dealkylation sites (tertiary alicyclic amines) is 1. The van der Waals surface area contributed by atoms with Crippen LogP contribution in [0.4, 0.5) is 5.69 Å². The highest BCUT2D eigenvalue weighted by molar-refractivity contribution is 5.90. The van der Waals surface area contributed by atoms with E-state index < -0.39 is 0 Å². The van der Waals surface area contributed by atoms with Gasteiger partial charge in [0.2, 0.25) is 5.91 Å². The van der Waals surface area contributed by atoms with E-state index >= 15 is 0 Å². The Labute approximate surface area is 127 Å². The van der Waals surface area contributed by atoms with Crippen LogP contribution < -0.4 is 11.1 Å². The second-order valence-electron chi connectivity index (χ2n) is 6.74. The van der Waals surface area contributed by atoms with Crippen LogP contribution in [0, 0.1) is 5.41 Å². The molecule has 1 heterocycles. The Kier molecular flexibility index (Phi) is 5.37. The molecule has 4 heteroatoms.